The van der Waals surface area contributed by atoms with Crippen molar-refractivity contribution in [2.75, 3.05) is 6.54 Å². The monoisotopic (exact) mass is 295 g/mol. The van der Waals surface area contributed by atoms with E-state index in [1.165, 1.54) is 42.3 Å². The lowest BCUT2D eigenvalue weighted by molar-refractivity contribution is 0.0847. The summed E-state index contributed by atoms with van der Waals surface area (Å²) in [5.74, 6) is 0.780. The van der Waals surface area contributed by atoms with Crippen LogP contribution in [0.5, 0.6) is 0 Å². The van der Waals surface area contributed by atoms with Crippen molar-refractivity contribution >= 4 is 11.0 Å². The third kappa shape index (κ3) is 2.40. The van der Waals surface area contributed by atoms with Gasteiger partial charge in [0.15, 0.2) is 0 Å². The third-order valence-electron chi connectivity index (χ3n) is 5.51. The average molecular weight is 295 g/mol. The van der Waals surface area contributed by atoms with Crippen molar-refractivity contribution in [1.29, 1.82) is 0 Å². The quantitative estimate of drug-likeness (QED) is 0.759. The Hall–Kier alpha value is -1.54. The second kappa shape index (κ2) is 5.58. The molecule has 2 nitrogen and oxygen atoms in total. The molecule has 2 aliphatic heterocycles. The number of hydrogen-bond donors (Lipinski definition) is 0. The Morgan fingerprint density at radius 1 is 1.27 bits per heavy atom. The highest BCUT2D eigenvalue weighted by Gasteiger charge is 2.33. The lowest BCUT2D eigenvalue weighted by atomic mass is 9.84. The largest absolute Gasteiger partial charge is 0.464 e. The molecule has 2 aromatic rings. The maximum Gasteiger partial charge on any atom is 0.134 e. The van der Waals surface area contributed by atoms with Gasteiger partial charge in [0.25, 0.3) is 0 Å². The molecular formula is C20H25NO. The topological polar surface area (TPSA) is 16.4 Å². The molecule has 3 atom stereocenters. The number of hydrogen-bond acceptors (Lipinski definition) is 2. The van der Waals surface area contributed by atoms with Crippen molar-refractivity contribution in [1.82, 2.24) is 4.90 Å². The molecule has 0 amide bonds. The summed E-state index contributed by atoms with van der Waals surface area (Å²) >= 11 is 0. The summed E-state index contributed by atoms with van der Waals surface area (Å²) in [4.78, 5) is 2.74. The summed E-state index contributed by atoms with van der Waals surface area (Å²) in [5.41, 5.74) is 3.70. The van der Waals surface area contributed by atoms with E-state index in [0.717, 1.165) is 17.9 Å². The van der Waals surface area contributed by atoms with Crippen LogP contribution < -0.4 is 0 Å². The van der Waals surface area contributed by atoms with Gasteiger partial charge in [-0.15, -0.1) is 0 Å². The summed E-state index contributed by atoms with van der Waals surface area (Å²) in [5, 5.41) is 1.30. The number of piperidine rings is 1. The predicted octanol–water partition coefficient (Wildman–Crippen LogP) is 4.71. The summed E-state index contributed by atoms with van der Waals surface area (Å²) in [6.45, 7) is 5.72. The molecule has 2 heteroatoms. The SMILES string of the molecule is CC[C@@H](Cc1coc2ccc(C)cc12)N1CC2C=CC1CC2. The fourth-order valence-electron chi connectivity index (χ4n) is 4.22. The van der Waals surface area contributed by atoms with Gasteiger partial charge in [0.05, 0.1) is 6.26 Å². The molecule has 1 aromatic carbocycles. The highest BCUT2D eigenvalue weighted by atomic mass is 16.3. The Kier molecular flexibility index (Phi) is 3.57. The van der Waals surface area contributed by atoms with Gasteiger partial charge < -0.3 is 4.42 Å². The van der Waals surface area contributed by atoms with Crippen LogP contribution in [0.3, 0.4) is 0 Å². The van der Waals surface area contributed by atoms with Crippen molar-refractivity contribution in [3.8, 4) is 0 Å². The molecule has 116 valence electrons. The average Bonchev–Trinajstić information content (AvgIpc) is 2.95. The molecule has 5 rings (SSSR count). The van der Waals surface area contributed by atoms with Gasteiger partial charge in [-0.1, -0.05) is 30.7 Å². The van der Waals surface area contributed by atoms with E-state index in [1.807, 2.05) is 6.26 Å². The summed E-state index contributed by atoms with van der Waals surface area (Å²) in [6.07, 6.45) is 11.9. The van der Waals surface area contributed by atoms with Crippen LogP contribution in [-0.4, -0.2) is 23.5 Å². The minimum atomic E-state index is 0.624. The molecule has 1 fully saturated rings. The highest BCUT2D eigenvalue weighted by molar-refractivity contribution is 5.81. The molecular weight excluding hydrogens is 270 g/mol. The van der Waals surface area contributed by atoms with Crippen molar-refractivity contribution in [2.45, 2.75) is 51.6 Å². The molecule has 1 saturated heterocycles. The first kappa shape index (κ1) is 14.1. The van der Waals surface area contributed by atoms with Crippen molar-refractivity contribution in [3.05, 3.63) is 47.7 Å². The summed E-state index contributed by atoms with van der Waals surface area (Å²) in [7, 11) is 0. The minimum Gasteiger partial charge on any atom is -0.464 e. The molecule has 1 aromatic heterocycles. The molecule has 0 N–H and O–H groups in total. The van der Waals surface area contributed by atoms with Crippen LogP contribution in [0.15, 0.2) is 41.0 Å². The van der Waals surface area contributed by atoms with Gasteiger partial charge in [-0.25, -0.2) is 0 Å². The molecule has 0 spiro atoms. The maximum absolute atomic E-state index is 5.77. The molecule has 3 aliphatic rings. The highest BCUT2D eigenvalue weighted by Crippen LogP contribution is 2.33. The van der Waals surface area contributed by atoms with Crippen LogP contribution in [0.2, 0.25) is 0 Å². The molecule has 0 saturated carbocycles. The Morgan fingerprint density at radius 2 is 2.18 bits per heavy atom. The third-order valence-corrected chi connectivity index (χ3v) is 5.51. The summed E-state index contributed by atoms with van der Waals surface area (Å²) < 4.78 is 5.77. The van der Waals surface area contributed by atoms with Gasteiger partial charge in [-0.2, -0.15) is 0 Å². The number of rotatable bonds is 4. The zero-order valence-electron chi connectivity index (χ0n) is 13.6. The lowest BCUT2D eigenvalue weighted by Crippen LogP contribution is -2.50. The first-order valence-corrected chi connectivity index (χ1v) is 8.65. The second-order valence-corrected chi connectivity index (χ2v) is 7.01. The molecule has 3 heterocycles. The van der Waals surface area contributed by atoms with Gasteiger partial charge in [-0.05, 0) is 56.2 Å². The van der Waals surface area contributed by atoms with Gasteiger partial charge in [-0.3, -0.25) is 4.90 Å². The molecule has 2 bridgehead atoms. The zero-order valence-corrected chi connectivity index (χ0v) is 13.6. The predicted molar refractivity (Wildman–Crippen MR) is 91.1 cm³/mol. The van der Waals surface area contributed by atoms with Gasteiger partial charge in [0.2, 0.25) is 0 Å². The normalized spacial score (nSPS) is 25.9. The number of nitrogens with zero attached hydrogens (tertiary/aromatic N) is 1. The smallest absolute Gasteiger partial charge is 0.134 e. The number of aryl methyl sites for hydroxylation is 1. The standard InChI is InChI=1S/C20H25NO/c1-3-17(21-12-15-5-7-18(21)8-6-15)11-16-13-22-20-9-4-14(2)10-19(16)20/h4-5,7,9-10,13,15,17-18H,3,6,8,11-12H2,1-2H3/t15?,17-,18?/m0/s1. The lowest BCUT2D eigenvalue weighted by Gasteiger charge is -2.45. The fourth-order valence-corrected chi connectivity index (χ4v) is 4.22. The van der Waals surface area contributed by atoms with E-state index >= 15 is 0 Å². The summed E-state index contributed by atoms with van der Waals surface area (Å²) in [6, 6.07) is 7.78. The Bertz CT molecular complexity index is 699. The van der Waals surface area contributed by atoms with Crippen LogP contribution in [0.25, 0.3) is 11.0 Å². The van der Waals surface area contributed by atoms with Crippen molar-refractivity contribution in [2.24, 2.45) is 5.92 Å². The number of furan rings is 1. The van der Waals surface area contributed by atoms with Gasteiger partial charge >= 0.3 is 0 Å². The molecule has 1 aliphatic carbocycles. The van der Waals surface area contributed by atoms with Crippen LogP contribution in [0, 0.1) is 12.8 Å². The zero-order chi connectivity index (χ0) is 15.1. The Morgan fingerprint density at radius 3 is 2.86 bits per heavy atom. The van der Waals surface area contributed by atoms with E-state index in [-0.39, 0.29) is 0 Å². The van der Waals surface area contributed by atoms with Crippen LogP contribution in [-0.2, 0) is 6.42 Å². The van der Waals surface area contributed by atoms with E-state index in [9.17, 15) is 0 Å². The van der Waals surface area contributed by atoms with Gasteiger partial charge in [0, 0.05) is 24.0 Å². The van der Waals surface area contributed by atoms with Crippen molar-refractivity contribution in [3.63, 3.8) is 0 Å². The first-order chi connectivity index (χ1) is 10.7. The minimum absolute atomic E-state index is 0.624. The molecule has 22 heavy (non-hydrogen) atoms. The van der Waals surface area contributed by atoms with Crippen molar-refractivity contribution < 1.29 is 4.42 Å². The van der Waals surface area contributed by atoms with E-state index in [0.29, 0.717) is 12.1 Å². The molecule has 2 unspecified atom stereocenters. The number of benzene rings is 1. The molecule has 0 radical (unpaired) electrons. The van der Waals surface area contributed by atoms with E-state index in [2.05, 4.69) is 49.1 Å². The second-order valence-electron chi connectivity index (χ2n) is 7.01. The van der Waals surface area contributed by atoms with Crippen LogP contribution in [0.1, 0.15) is 37.3 Å². The fraction of sp³-hybridized carbons (Fsp3) is 0.500. The van der Waals surface area contributed by atoms with Crippen LogP contribution >= 0.6 is 0 Å². The van der Waals surface area contributed by atoms with E-state index < -0.39 is 0 Å². The van der Waals surface area contributed by atoms with E-state index in [1.54, 1.807) is 0 Å². The van der Waals surface area contributed by atoms with Crippen LogP contribution in [0.4, 0.5) is 0 Å². The Labute approximate surface area is 132 Å². The van der Waals surface area contributed by atoms with E-state index in [4.69, 9.17) is 4.42 Å². The Balaban J connectivity index is 1.60. The first-order valence-electron chi connectivity index (χ1n) is 8.65. The maximum atomic E-state index is 5.77. The van der Waals surface area contributed by atoms with Gasteiger partial charge in [0.1, 0.15) is 5.58 Å². The number of fused-ring (bicyclic) bond motifs is 3.